The molecule has 0 aromatic rings. The first-order valence-corrected chi connectivity index (χ1v) is 12.1. The summed E-state index contributed by atoms with van der Waals surface area (Å²) in [4.78, 5) is 1.55. The second-order valence-electron chi connectivity index (χ2n) is 9.02. The summed E-state index contributed by atoms with van der Waals surface area (Å²) in [6.07, 6.45) is 6.38. The van der Waals surface area contributed by atoms with Crippen LogP contribution < -0.4 is 5.32 Å². The van der Waals surface area contributed by atoms with Crippen molar-refractivity contribution in [1.82, 2.24) is 10.2 Å². The van der Waals surface area contributed by atoms with Crippen LogP contribution in [0.3, 0.4) is 0 Å². The van der Waals surface area contributed by atoms with Gasteiger partial charge in [-0.25, -0.2) is 0 Å². The Bertz CT molecular complexity index is 665. The Morgan fingerprint density at radius 3 is 1.77 bits per heavy atom. The van der Waals surface area contributed by atoms with Crippen LogP contribution in [0.2, 0.25) is 0 Å². The molecular formula is C19H32F6N2O3S. The number of hydrogen-bond acceptors (Lipinski definition) is 5. The van der Waals surface area contributed by atoms with Crippen molar-refractivity contribution in [3.8, 4) is 0 Å². The predicted molar refractivity (Wildman–Crippen MR) is 104 cm³/mol. The number of likely N-dealkylation sites (tertiary alicyclic amines) is 1. The third-order valence-corrected chi connectivity index (χ3v) is 7.75. The normalized spacial score (nSPS) is 24.6. The van der Waals surface area contributed by atoms with E-state index in [0.29, 0.717) is 13.1 Å². The zero-order valence-corrected chi connectivity index (χ0v) is 18.6. The van der Waals surface area contributed by atoms with Crippen LogP contribution in [-0.2, 0) is 14.3 Å². The molecule has 0 amide bonds. The summed E-state index contributed by atoms with van der Waals surface area (Å²) >= 11 is 0. The van der Waals surface area contributed by atoms with Gasteiger partial charge in [0.25, 0.3) is 0 Å². The lowest BCUT2D eigenvalue weighted by Gasteiger charge is -2.38. The first-order valence-electron chi connectivity index (χ1n) is 10.7. The molecular weight excluding hydrogens is 450 g/mol. The zero-order valence-electron chi connectivity index (χ0n) is 17.7. The highest BCUT2D eigenvalue weighted by Gasteiger charge is 2.47. The number of alkyl halides is 6. The molecule has 0 unspecified atom stereocenters. The third-order valence-electron chi connectivity index (χ3n) is 6.64. The van der Waals surface area contributed by atoms with Gasteiger partial charge in [-0.05, 0) is 69.4 Å². The summed E-state index contributed by atoms with van der Waals surface area (Å²) < 4.78 is 93.3. The van der Waals surface area contributed by atoms with E-state index in [1.807, 2.05) is 0 Å². The van der Waals surface area contributed by atoms with Crippen LogP contribution in [0.4, 0.5) is 26.3 Å². The lowest BCUT2D eigenvalue weighted by atomic mass is 9.68. The molecule has 2 saturated carbocycles. The summed E-state index contributed by atoms with van der Waals surface area (Å²) in [6, 6.07) is 0. The van der Waals surface area contributed by atoms with E-state index in [9.17, 15) is 34.8 Å². The van der Waals surface area contributed by atoms with E-state index in [0.717, 1.165) is 31.6 Å². The molecule has 0 aromatic carbocycles. The Kier molecular flexibility index (Phi) is 8.71. The molecule has 4 aliphatic rings. The number of nitrogens with one attached hydrogen (secondary N) is 1. The molecule has 5 nitrogen and oxygen atoms in total. The van der Waals surface area contributed by atoms with Gasteiger partial charge in [-0.1, -0.05) is 12.8 Å². The topological polar surface area (TPSA) is 58.6 Å². The SMILES string of the molecule is C1CC2(C1)CCNC2.CCOS(=O)(=O)C(F)(F)F.FC(F)(F)CN1CCC2(CCC2)C1. The molecule has 31 heavy (non-hydrogen) atoms. The van der Waals surface area contributed by atoms with Crippen LogP contribution in [0, 0.1) is 10.8 Å². The quantitative estimate of drug-likeness (QED) is 0.366. The highest BCUT2D eigenvalue weighted by Crippen LogP contribution is 2.48. The van der Waals surface area contributed by atoms with Crippen LogP contribution in [0.5, 0.6) is 0 Å². The summed E-state index contributed by atoms with van der Waals surface area (Å²) in [5, 5.41) is 3.42. The zero-order chi connectivity index (χ0) is 23.4. The number of hydrogen-bond donors (Lipinski definition) is 1. The summed E-state index contributed by atoms with van der Waals surface area (Å²) in [5.41, 5.74) is -4.21. The maximum Gasteiger partial charge on any atom is 0.523 e. The first kappa shape index (κ1) is 26.7. The van der Waals surface area contributed by atoms with Gasteiger partial charge in [-0.3, -0.25) is 9.08 Å². The van der Waals surface area contributed by atoms with Gasteiger partial charge in [0.15, 0.2) is 0 Å². The second kappa shape index (κ2) is 10.1. The molecule has 0 bridgehead atoms. The fraction of sp³-hybridized carbons (Fsp3) is 1.00. The average molecular weight is 483 g/mol. The number of nitrogens with zero attached hydrogens (tertiary/aromatic N) is 1. The van der Waals surface area contributed by atoms with Crippen molar-refractivity contribution < 1.29 is 38.9 Å². The Balaban J connectivity index is 0.000000170. The minimum absolute atomic E-state index is 0.283. The van der Waals surface area contributed by atoms with Gasteiger partial charge >= 0.3 is 21.8 Å². The van der Waals surface area contributed by atoms with E-state index in [2.05, 4.69) is 9.50 Å². The largest absolute Gasteiger partial charge is 0.523 e. The van der Waals surface area contributed by atoms with E-state index in [1.165, 1.54) is 45.2 Å². The maximum absolute atomic E-state index is 12.0. The van der Waals surface area contributed by atoms with E-state index < -0.39 is 35.0 Å². The highest BCUT2D eigenvalue weighted by atomic mass is 32.2. The Morgan fingerprint density at radius 2 is 1.52 bits per heavy atom. The number of halogens is 6. The molecule has 2 aliphatic heterocycles. The summed E-state index contributed by atoms with van der Waals surface area (Å²) in [6.45, 7) is 3.83. The minimum atomic E-state index is -5.35. The number of rotatable bonds is 3. The van der Waals surface area contributed by atoms with Gasteiger partial charge in [0.1, 0.15) is 0 Å². The third kappa shape index (κ3) is 7.75. The smallest absolute Gasteiger partial charge is 0.316 e. The Labute approximate surface area is 180 Å². The molecule has 0 radical (unpaired) electrons. The van der Waals surface area contributed by atoms with Crippen LogP contribution in [-0.4, -0.2) is 64.3 Å². The van der Waals surface area contributed by atoms with Crippen LogP contribution in [0.25, 0.3) is 0 Å². The van der Waals surface area contributed by atoms with E-state index >= 15 is 0 Å². The van der Waals surface area contributed by atoms with Crippen molar-refractivity contribution in [3.63, 3.8) is 0 Å². The predicted octanol–water partition coefficient (Wildman–Crippen LogP) is 4.45. The summed E-state index contributed by atoms with van der Waals surface area (Å²) in [5.74, 6) is 0. The summed E-state index contributed by atoms with van der Waals surface area (Å²) in [7, 11) is -5.35. The van der Waals surface area contributed by atoms with Crippen molar-refractivity contribution >= 4 is 10.1 Å². The van der Waals surface area contributed by atoms with E-state index in [1.54, 1.807) is 4.90 Å². The lowest BCUT2D eigenvalue weighted by Crippen LogP contribution is -2.37. The van der Waals surface area contributed by atoms with E-state index in [-0.39, 0.29) is 5.41 Å². The molecule has 2 heterocycles. The molecule has 2 saturated heterocycles. The molecule has 1 N–H and O–H groups in total. The fourth-order valence-electron chi connectivity index (χ4n) is 4.62. The Morgan fingerprint density at radius 1 is 0.935 bits per heavy atom. The van der Waals surface area contributed by atoms with Gasteiger partial charge < -0.3 is 5.32 Å². The van der Waals surface area contributed by atoms with E-state index in [4.69, 9.17) is 0 Å². The average Bonchev–Trinajstić information content (AvgIpc) is 3.19. The minimum Gasteiger partial charge on any atom is -0.316 e. The van der Waals surface area contributed by atoms with Crippen molar-refractivity contribution in [3.05, 3.63) is 0 Å². The standard InChI is InChI=1S/C9H14F3N.C7H13N.C3H5F3O3S/c10-9(11,12)7-13-5-4-8(6-13)2-1-3-8;1-2-7(3-1)4-5-8-6-7;1-2-9-10(7,8)3(4,5)6/h1-7H2;8H,1-6H2;2H2,1H3. The molecule has 2 spiro atoms. The van der Waals surface area contributed by atoms with Crippen molar-refractivity contribution in [1.29, 1.82) is 0 Å². The second-order valence-corrected chi connectivity index (χ2v) is 10.6. The maximum atomic E-state index is 12.0. The van der Waals surface area contributed by atoms with Crippen molar-refractivity contribution in [2.45, 2.75) is 70.0 Å². The van der Waals surface area contributed by atoms with Gasteiger partial charge in [-0.2, -0.15) is 34.8 Å². The highest BCUT2D eigenvalue weighted by molar-refractivity contribution is 7.87. The molecule has 0 atom stereocenters. The van der Waals surface area contributed by atoms with Crippen molar-refractivity contribution in [2.75, 3.05) is 39.3 Å². The van der Waals surface area contributed by atoms with Gasteiger partial charge in [0, 0.05) is 13.1 Å². The van der Waals surface area contributed by atoms with Gasteiger partial charge in [0.2, 0.25) is 0 Å². The van der Waals surface area contributed by atoms with Crippen LogP contribution in [0.15, 0.2) is 0 Å². The van der Waals surface area contributed by atoms with Crippen LogP contribution >= 0.6 is 0 Å². The fourth-order valence-corrected chi connectivity index (χ4v) is 5.07. The molecule has 12 heteroatoms. The molecule has 0 aromatic heterocycles. The van der Waals surface area contributed by atoms with Crippen LogP contribution in [0.1, 0.15) is 58.3 Å². The lowest BCUT2D eigenvalue weighted by molar-refractivity contribution is -0.144. The Hall–Kier alpha value is -0.590. The molecule has 184 valence electrons. The molecule has 4 rings (SSSR count). The monoisotopic (exact) mass is 482 g/mol. The molecule has 4 fully saturated rings. The first-order chi connectivity index (χ1) is 14.2. The molecule has 2 aliphatic carbocycles. The van der Waals surface area contributed by atoms with Gasteiger partial charge in [0.05, 0.1) is 13.2 Å². The van der Waals surface area contributed by atoms with Crippen molar-refractivity contribution in [2.24, 2.45) is 10.8 Å². The van der Waals surface area contributed by atoms with Gasteiger partial charge in [-0.15, -0.1) is 0 Å².